The zero-order chi connectivity index (χ0) is 15.1. The number of halogens is 2. The van der Waals surface area contributed by atoms with Crippen LogP contribution in [0.2, 0.25) is 0 Å². The van der Waals surface area contributed by atoms with Gasteiger partial charge in [-0.25, -0.2) is 8.78 Å². The Morgan fingerprint density at radius 3 is 2.60 bits per heavy atom. The number of ether oxygens (including phenoxy) is 1. The Balaban J connectivity index is 2.50. The van der Waals surface area contributed by atoms with E-state index >= 15 is 0 Å². The SMILES string of the molecule is COC(=O)C(CCSc1ccc(F)c(F)c1)NC(C)C. The third kappa shape index (κ3) is 5.46. The molecule has 0 aromatic heterocycles. The van der Waals surface area contributed by atoms with Crippen LogP contribution in [-0.2, 0) is 9.53 Å². The van der Waals surface area contributed by atoms with E-state index in [4.69, 9.17) is 4.74 Å². The second-order valence-corrected chi connectivity index (χ2v) is 5.78. The molecule has 6 heteroatoms. The maximum atomic E-state index is 13.0. The van der Waals surface area contributed by atoms with E-state index in [0.29, 0.717) is 17.1 Å². The molecule has 0 saturated carbocycles. The van der Waals surface area contributed by atoms with E-state index in [1.807, 2.05) is 13.8 Å². The highest BCUT2D eigenvalue weighted by Crippen LogP contribution is 2.21. The Morgan fingerprint density at radius 2 is 2.05 bits per heavy atom. The first-order valence-electron chi connectivity index (χ1n) is 6.35. The number of carbonyl (C=O) groups excluding carboxylic acids is 1. The fourth-order valence-electron chi connectivity index (χ4n) is 1.68. The van der Waals surface area contributed by atoms with Crippen LogP contribution in [0, 0.1) is 11.6 Å². The third-order valence-corrected chi connectivity index (χ3v) is 3.61. The van der Waals surface area contributed by atoms with Crippen LogP contribution in [0.25, 0.3) is 0 Å². The standard InChI is InChI=1S/C14H19F2NO2S/c1-9(2)17-13(14(18)19-3)6-7-20-10-4-5-11(15)12(16)8-10/h4-5,8-9,13,17H,6-7H2,1-3H3. The van der Waals surface area contributed by atoms with Gasteiger partial charge in [0, 0.05) is 16.7 Å². The predicted octanol–water partition coefficient (Wildman–Crippen LogP) is 2.99. The summed E-state index contributed by atoms with van der Waals surface area (Å²) in [5.41, 5.74) is 0. The van der Waals surface area contributed by atoms with Gasteiger partial charge in [-0.2, -0.15) is 0 Å². The maximum Gasteiger partial charge on any atom is 0.322 e. The second-order valence-electron chi connectivity index (χ2n) is 4.61. The number of hydrogen-bond acceptors (Lipinski definition) is 4. The van der Waals surface area contributed by atoms with Gasteiger partial charge in [0.15, 0.2) is 11.6 Å². The number of hydrogen-bond donors (Lipinski definition) is 1. The zero-order valence-corrected chi connectivity index (χ0v) is 12.6. The van der Waals surface area contributed by atoms with E-state index in [9.17, 15) is 13.6 Å². The maximum absolute atomic E-state index is 13.0. The van der Waals surface area contributed by atoms with Crippen molar-refractivity contribution in [2.75, 3.05) is 12.9 Å². The van der Waals surface area contributed by atoms with Gasteiger partial charge in [0.25, 0.3) is 0 Å². The number of rotatable bonds is 7. The molecule has 1 rings (SSSR count). The lowest BCUT2D eigenvalue weighted by Gasteiger charge is -2.18. The Bertz CT molecular complexity index is 455. The highest BCUT2D eigenvalue weighted by Gasteiger charge is 2.19. The summed E-state index contributed by atoms with van der Waals surface area (Å²) in [5.74, 6) is -1.43. The third-order valence-electron chi connectivity index (χ3n) is 2.59. The van der Waals surface area contributed by atoms with Gasteiger partial charge in [0.1, 0.15) is 6.04 Å². The first-order valence-corrected chi connectivity index (χ1v) is 7.34. The van der Waals surface area contributed by atoms with Crippen LogP contribution < -0.4 is 5.32 Å². The molecule has 112 valence electrons. The minimum Gasteiger partial charge on any atom is -0.468 e. The average molecular weight is 303 g/mol. The molecule has 0 heterocycles. The molecule has 3 nitrogen and oxygen atoms in total. The summed E-state index contributed by atoms with van der Waals surface area (Å²) < 4.78 is 30.6. The fraction of sp³-hybridized carbons (Fsp3) is 0.500. The molecule has 0 radical (unpaired) electrons. The van der Waals surface area contributed by atoms with E-state index in [1.165, 1.54) is 24.9 Å². The van der Waals surface area contributed by atoms with Crippen molar-refractivity contribution in [2.24, 2.45) is 0 Å². The minimum absolute atomic E-state index is 0.160. The van der Waals surface area contributed by atoms with Crippen molar-refractivity contribution in [2.45, 2.75) is 37.2 Å². The van der Waals surface area contributed by atoms with Crippen molar-refractivity contribution in [3.05, 3.63) is 29.8 Å². The topological polar surface area (TPSA) is 38.3 Å². The van der Waals surface area contributed by atoms with Crippen LogP contribution in [0.15, 0.2) is 23.1 Å². The molecule has 0 aliphatic rings. The van der Waals surface area contributed by atoms with Gasteiger partial charge in [-0.05, 0) is 24.6 Å². The summed E-state index contributed by atoms with van der Waals surface area (Å²) in [6.07, 6.45) is 0.550. The molecule has 20 heavy (non-hydrogen) atoms. The largest absolute Gasteiger partial charge is 0.468 e. The Kier molecular flexibility index (Phi) is 6.95. The molecule has 0 bridgehead atoms. The first kappa shape index (κ1) is 16.9. The van der Waals surface area contributed by atoms with Crippen molar-refractivity contribution in [1.82, 2.24) is 5.32 Å². The van der Waals surface area contributed by atoms with Crippen LogP contribution >= 0.6 is 11.8 Å². The molecule has 0 amide bonds. The Morgan fingerprint density at radius 1 is 1.35 bits per heavy atom. The second kappa shape index (κ2) is 8.21. The number of nitrogens with one attached hydrogen (secondary N) is 1. The molecule has 1 N–H and O–H groups in total. The molecule has 1 aromatic carbocycles. The molecule has 0 fully saturated rings. The van der Waals surface area contributed by atoms with Crippen molar-refractivity contribution in [3.63, 3.8) is 0 Å². The smallest absolute Gasteiger partial charge is 0.322 e. The quantitative estimate of drug-likeness (QED) is 0.621. The van der Waals surface area contributed by atoms with Gasteiger partial charge in [-0.15, -0.1) is 11.8 Å². The highest BCUT2D eigenvalue weighted by atomic mass is 32.2. The zero-order valence-electron chi connectivity index (χ0n) is 11.8. The first-order chi connectivity index (χ1) is 9.43. The summed E-state index contributed by atoms with van der Waals surface area (Å²) in [6, 6.07) is 3.54. The molecule has 0 saturated heterocycles. The summed E-state index contributed by atoms with van der Waals surface area (Å²) in [6.45, 7) is 3.89. The lowest BCUT2D eigenvalue weighted by molar-refractivity contribution is -0.143. The van der Waals surface area contributed by atoms with Gasteiger partial charge in [-0.3, -0.25) is 4.79 Å². The van der Waals surface area contributed by atoms with Crippen LogP contribution in [0.5, 0.6) is 0 Å². The van der Waals surface area contributed by atoms with E-state index < -0.39 is 17.7 Å². The van der Waals surface area contributed by atoms with Crippen molar-refractivity contribution in [3.8, 4) is 0 Å². The van der Waals surface area contributed by atoms with Crippen LogP contribution in [-0.4, -0.2) is 30.9 Å². The normalized spacial score (nSPS) is 12.5. The van der Waals surface area contributed by atoms with Gasteiger partial charge in [-0.1, -0.05) is 13.8 Å². The van der Waals surface area contributed by atoms with Crippen LogP contribution in [0.3, 0.4) is 0 Å². The molecule has 1 aromatic rings. The van der Waals surface area contributed by atoms with Crippen molar-refractivity contribution < 1.29 is 18.3 Å². The molecule has 0 spiro atoms. The number of benzene rings is 1. The highest BCUT2D eigenvalue weighted by molar-refractivity contribution is 7.99. The summed E-state index contributed by atoms with van der Waals surface area (Å²) in [4.78, 5) is 12.2. The fourth-order valence-corrected chi connectivity index (χ4v) is 2.62. The van der Waals surface area contributed by atoms with E-state index in [-0.39, 0.29) is 12.0 Å². The molecular formula is C14H19F2NO2S. The lowest BCUT2D eigenvalue weighted by atomic mass is 10.2. The monoisotopic (exact) mass is 303 g/mol. The number of esters is 1. The number of methoxy groups -OCH3 is 1. The van der Waals surface area contributed by atoms with Gasteiger partial charge in [0.05, 0.1) is 7.11 Å². The lowest BCUT2D eigenvalue weighted by Crippen LogP contribution is -2.41. The Hall–Kier alpha value is -1.14. The molecule has 1 atom stereocenters. The van der Waals surface area contributed by atoms with E-state index in [2.05, 4.69) is 5.32 Å². The molecule has 0 aliphatic carbocycles. The average Bonchev–Trinajstić information content (AvgIpc) is 2.40. The predicted molar refractivity (Wildman–Crippen MR) is 75.8 cm³/mol. The summed E-state index contributed by atoms with van der Waals surface area (Å²) in [7, 11) is 1.35. The van der Waals surface area contributed by atoms with E-state index in [1.54, 1.807) is 0 Å². The molecular weight excluding hydrogens is 284 g/mol. The Labute approximate surface area is 122 Å². The van der Waals surface area contributed by atoms with Gasteiger partial charge < -0.3 is 10.1 Å². The molecule has 0 aliphatic heterocycles. The summed E-state index contributed by atoms with van der Waals surface area (Å²) >= 11 is 1.37. The summed E-state index contributed by atoms with van der Waals surface area (Å²) in [5, 5.41) is 3.12. The minimum atomic E-state index is -0.861. The number of carbonyl (C=O) groups is 1. The van der Waals surface area contributed by atoms with Gasteiger partial charge >= 0.3 is 5.97 Å². The van der Waals surface area contributed by atoms with Crippen molar-refractivity contribution >= 4 is 17.7 Å². The van der Waals surface area contributed by atoms with Crippen LogP contribution in [0.1, 0.15) is 20.3 Å². The van der Waals surface area contributed by atoms with Gasteiger partial charge in [0.2, 0.25) is 0 Å². The molecule has 1 unspecified atom stereocenters. The number of thioether (sulfide) groups is 1. The van der Waals surface area contributed by atoms with Crippen LogP contribution in [0.4, 0.5) is 8.78 Å². The van der Waals surface area contributed by atoms with Crippen molar-refractivity contribution in [1.29, 1.82) is 0 Å². The van der Waals surface area contributed by atoms with E-state index in [0.717, 1.165) is 12.1 Å².